The summed E-state index contributed by atoms with van der Waals surface area (Å²) in [6.07, 6.45) is 5.46. The number of methoxy groups -OCH3 is 1. The lowest BCUT2D eigenvalue weighted by molar-refractivity contribution is -0.159. The number of hydrogen-bond donors (Lipinski definition) is 1. The molecule has 2 aromatic rings. The first-order valence-corrected chi connectivity index (χ1v) is 13.6. The fourth-order valence-corrected chi connectivity index (χ4v) is 5.08. The number of rotatable bonds is 12. The summed E-state index contributed by atoms with van der Waals surface area (Å²) in [6, 6.07) is 3.41. The van der Waals surface area contributed by atoms with E-state index in [1.807, 2.05) is 20.8 Å². The number of fused-ring (bicyclic) bond motifs is 1. The van der Waals surface area contributed by atoms with Gasteiger partial charge in [-0.3, -0.25) is 4.79 Å². The largest absolute Gasteiger partial charge is 0.507 e. The lowest BCUT2D eigenvalue weighted by Gasteiger charge is -2.36. The Morgan fingerprint density at radius 1 is 1.03 bits per heavy atom. The van der Waals surface area contributed by atoms with E-state index in [9.17, 15) is 14.7 Å². The predicted molar refractivity (Wildman–Crippen MR) is 147 cm³/mol. The fourth-order valence-electron chi connectivity index (χ4n) is 5.08. The van der Waals surface area contributed by atoms with Gasteiger partial charge in [0, 0.05) is 17.5 Å². The highest BCUT2D eigenvalue weighted by Crippen LogP contribution is 2.44. The van der Waals surface area contributed by atoms with Crippen molar-refractivity contribution in [3.8, 4) is 23.0 Å². The third kappa shape index (κ3) is 6.08. The molecule has 7 heteroatoms. The molecule has 3 rings (SSSR count). The second-order valence-corrected chi connectivity index (χ2v) is 10.3. The molecule has 1 aliphatic rings. The molecule has 0 spiro atoms. The standard InChI is InChI=1S/C31H42O7/c1-8-12-25-26(14-13-24(22(5)32)27(25)33)36-17-10-9-11-18-37-28-19(2)20(3)29-23(21(28)4)15-16-31(6,38-29)30(34)35-7/h13-14,33H,8-12,15-18H2,1-7H3/t31-/m0/s1. The highest BCUT2D eigenvalue weighted by molar-refractivity contribution is 5.97. The van der Waals surface area contributed by atoms with Crippen molar-refractivity contribution >= 4 is 11.8 Å². The fraction of sp³-hybridized carbons (Fsp3) is 0.548. The summed E-state index contributed by atoms with van der Waals surface area (Å²) in [5, 5.41) is 10.5. The Morgan fingerprint density at radius 2 is 1.71 bits per heavy atom. The molecule has 7 nitrogen and oxygen atoms in total. The number of ketones is 1. The molecule has 0 aliphatic carbocycles. The van der Waals surface area contributed by atoms with E-state index >= 15 is 0 Å². The molecule has 208 valence electrons. The van der Waals surface area contributed by atoms with E-state index < -0.39 is 5.60 Å². The molecule has 1 N–H and O–H groups in total. The van der Waals surface area contributed by atoms with Crippen LogP contribution in [-0.2, 0) is 22.4 Å². The molecule has 0 bridgehead atoms. The van der Waals surface area contributed by atoms with E-state index in [0.717, 1.165) is 65.9 Å². The maximum atomic E-state index is 12.3. The average molecular weight is 527 g/mol. The van der Waals surface area contributed by atoms with Gasteiger partial charge in [0.1, 0.15) is 23.0 Å². The minimum Gasteiger partial charge on any atom is -0.507 e. The maximum Gasteiger partial charge on any atom is 0.349 e. The van der Waals surface area contributed by atoms with E-state index in [0.29, 0.717) is 42.9 Å². The van der Waals surface area contributed by atoms with Gasteiger partial charge in [0.05, 0.1) is 25.9 Å². The van der Waals surface area contributed by atoms with Crippen LogP contribution in [0.1, 0.15) is 91.1 Å². The van der Waals surface area contributed by atoms with Gasteiger partial charge in [0.2, 0.25) is 5.60 Å². The third-order valence-corrected chi connectivity index (χ3v) is 7.52. The van der Waals surface area contributed by atoms with E-state index in [4.69, 9.17) is 18.9 Å². The minimum absolute atomic E-state index is 0.0386. The third-order valence-electron chi connectivity index (χ3n) is 7.52. The first kappa shape index (κ1) is 29.3. The smallest absolute Gasteiger partial charge is 0.349 e. The van der Waals surface area contributed by atoms with Crippen LogP contribution in [0.15, 0.2) is 12.1 Å². The van der Waals surface area contributed by atoms with Crippen molar-refractivity contribution in [3.05, 3.63) is 45.5 Å². The number of ether oxygens (including phenoxy) is 4. The molecule has 0 amide bonds. The van der Waals surface area contributed by atoms with E-state index in [-0.39, 0.29) is 17.5 Å². The lowest BCUT2D eigenvalue weighted by Crippen LogP contribution is -2.45. The van der Waals surface area contributed by atoms with Crippen molar-refractivity contribution in [3.63, 3.8) is 0 Å². The number of carbonyl (C=O) groups is 2. The Hall–Kier alpha value is -3.22. The van der Waals surface area contributed by atoms with Gasteiger partial charge in [0.15, 0.2) is 5.78 Å². The second-order valence-electron chi connectivity index (χ2n) is 10.3. The van der Waals surface area contributed by atoms with Crippen LogP contribution in [-0.4, -0.2) is 42.8 Å². The maximum absolute atomic E-state index is 12.3. The average Bonchev–Trinajstić information content (AvgIpc) is 2.89. The van der Waals surface area contributed by atoms with Gasteiger partial charge in [-0.2, -0.15) is 0 Å². The number of carbonyl (C=O) groups excluding carboxylic acids is 2. The molecule has 0 saturated carbocycles. The molecular weight excluding hydrogens is 484 g/mol. The Balaban J connectivity index is 1.54. The van der Waals surface area contributed by atoms with Crippen molar-refractivity contribution in [2.45, 2.75) is 92.1 Å². The molecule has 0 aromatic heterocycles. The van der Waals surface area contributed by atoms with Crippen molar-refractivity contribution in [2.24, 2.45) is 0 Å². The molecule has 1 aliphatic heterocycles. The molecule has 2 aromatic carbocycles. The van der Waals surface area contributed by atoms with Crippen molar-refractivity contribution in [1.29, 1.82) is 0 Å². The van der Waals surface area contributed by atoms with Crippen LogP contribution in [0.4, 0.5) is 0 Å². The summed E-state index contributed by atoms with van der Waals surface area (Å²) in [6.45, 7) is 12.5. The molecule has 1 atom stereocenters. The molecule has 0 fully saturated rings. The zero-order chi connectivity index (χ0) is 28.0. The van der Waals surface area contributed by atoms with Crippen LogP contribution in [0.5, 0.6) is 23.0 Å². The Kier molecular flexibility index (Phi) is 9.69. The Morgan fingerprint density at radius 3 is 2.34 bits per heavy atom. The number of Topliss-reactive ketones (excluding diaryl/α,β-unsaturated/α-hetero) is 1. The first-order valence-electron chi connectivity index (χ1n) is 13.6. The summed E-state index contributed by atoms with van der Waals surface area (Å²) in [5.74, 6) is 1.84. The number of aromatic hydroxyl groups is 1. The van der Waals surface area contributed by atoms with Crippen LogP contribution in [0, 0.1) is 20.8 Å². The van der Waals surface area contributed by atoms with Gasteiger partial charge in [-0.1, -0.05) is 13.3 Å². The van der Waals surface area contributed by atoms with Gasteiger partial charge < -0.3 is 24.1 Å². The van der Waals surface area contributed by atoms with E-state index in [1.165, 1.54) is 14.0 Å². The predicted octanol–water partition coefficient (Wildman–Crippen LogP) is 6.36. The van der Waals surface area contributed by atoms with Crippen LogP contribution in [0.2, 0.25) is 0 Å². The summed E-state index contributed by atoms with van der Waals surface area (Å²) >= 11 is 0. The van der Waals surface area contributed by atoms with Gasteiger partial charge in [-0.25, -0.2) is 4.79 Å². The quantitative estimate of drug-likeness (QED) is 0.196. The van der Waals surface area contributed by atoms with Crippen molar-refractivity contribution < 1.29 is 33.6 Å². The van der Waals surface area contributed by atoms with Crippen LogP contribution >= 0.6 is 0 Å². The first-order chi connectivity index (χ1) is 18.1. The van der Waals surface area contributed by atoms with Crippen molar-refractivity contribution in [1.82, 2.24) is 0 Å². The Labute approximate surface area is 226 Å². The van der Waals surface area contributed by atoms with Gasteiger partial charge in [-0.15, -0.1) is 0 Å². The molecule has 0 radical (unpaired) electrons. The van der Waals surface area contributed by atoms with Crippen LogP contribution in [0.25, 0.3) is 0 Å². The molecule has 1 heterocycles. The number of esters is 1. The van der Waals surface area contributed by atoms with E-state index in [2.05, 4.69) is 6.92 Å². The SMILES string of the molecule is CCCc1c(OCCCCCOc2c(C)c(C)c3c(c2C)CC[C@@](C)(C(=O)OC)O3)ccc(C(C)=O)c1O. The van der Waals surface area contributed by atoms with Gasteiger partial charge in [-0.05, 0) is 95.5 Å². The Bertz CT molecular complexity index is 1180. The zero-order valence-corrected chi connectivity index (χ0v) is 23.9. The van der Waals surface area contributed by atoms with Crippen molar-refractivity contribution in [2.75, 3.05) is 20.3 Å². The number of hydrogen-bond acceptors (Lipinski definition) is 7. The lowest BCUT2D eigenvalue weighted by atomic mass is 9.87. The van der Waals surface area contributed by atoms with E-state index in [1.54, 1.807) is 19.1 Å². The topological polar surface area (TPSA) is 91.3 Å². The van der Waals surface area contributed by atoms with Gasteiger partial charge in [0.25, 0.3) is 0 Å². The monoisotopic (exact) mass is 526 g/mol. The van der Waals surface area contributed by atoms with Crippen LogP contribution in [0.3, 0.4) is 0 Å². The number of benzene rings is 2. The molecule has 38 heavy (non-hydrogen) atoms. The molecule has 0 saturated heterocycles. The second kappa shape index (κ2) is 12.5. The summed E-state index contributed by atoms with van der Waals surface area (Å²) in [4.78, 5) is 24.0. The summed E-state index contributed by atoms with van der Waals surface area (Å²) in [5.41, 5.74) is 4.25. The number of unbranched alkanes of at least 4 members (excludes halogenated alkanes) is 2. The zero-order valence-electron chi connectivity index (χ0n) is 23.9. The normalized spacial score (nSPS) is 16.4. The van der Waals surface area contributed by atoms with Gasteiger partial charge >= 0.3 is 5.97 Å². The highest BCUT2D eigenvalue weighted by atomic mass is 16.6. The molecular formula is C31H42O7. The number of phenolic OH excluding ortho intramolecular Hbond substituents is 1. The summed E-state index contributed by atoms with van der Waals surface area (Å²) < 4.78 is 23.4. The minimum atomic E-state index is -0.971. The molecule has 0 unspecified atom stereocenters. The summed E-state index contributed by atoms with van der Waals surface area (Å²) in [7, 11) is 1.39. The van der Waals surface area contributed by atoms with Crippen LogP contribution < -0.4 is 14.2 Å². The number of phenols is 1. The highest BCUT2D eigenvalue weighted by Gasteiger charge is 2.41.